The van der Waals surface area contributed by atoms with Crippen molar-refractivity contribution < 1.29 is 8.78 Å². The molecule has 0 spiro atoms. The summed E-state index contributed by atoms with van der Waals surface area (Å²) in [5, 5.41) is 5.56. The second-order valence-corrected chi connectivity index (χ2v) is 4.83. The van der Waals surface area contributed by atoms with Gasteiger partial charge in [-0.15, -0.1) is 11.3 Å². The third-order valence-electron chi connectivity index (χ3n) is 2.64. The first-order chi connectivity index (χ1) is 9.67. The lowest BCUT2D eigenvalue weighted by Gasteiger charge is -2.08. The molecule has 0 fully saturated rings. The van der Waals surface area contributed by atoms with Crippen LogP contribution in [0.5, 0.6) is 0 Å². The number of rotatable bonds is 3. The molecular formula is C12H9F2N5S. The zero-order valence-corrected chi connectivity index (χ0v) is 10.8. The lowest BCUT2D eigenvalue weighted by atomic mass is 10.3. The van der Waals surface area contributed by atoms with E-state index in [0.717, 1.165) is 22.3 Å². The number of hydrazine groups is 1. The summed E-state index contributed by atoms with van der Waals surface area (Å²) in [6.07, 6.45) is 0. The van der Waals surface area contributed by atoms with Crippen LogP contribution in [0.4, 0.5) is 26.2 Å². The minimum atomic E-state index is -0.928. The number of hydrogen-bond donors (Lipinski definition) is 3. The van der Waals surface area contributed by atoms with Gasteiger partial charge in [-0.3, -0.25) is 5.43 Å². The van der Waals surface area contributed by atoms with Crippen LogP contribution in [0.25, 0.3) is 10.2 Å². The number of fused-ring (bicyclic) bond motifs is 1. The number of anilines is 3. The van der Waals surface area contributed by atoms with Crippen molar-refractivity contribution in [3.05, 3.63) is 41.3 Å². The molecule has 0 aliphatic heterocycles. The lowest BCUT2D eigenvalue weighted by Crippen LogP contribution is -2.11. The number of aromatic nitrogens is 2. The van der Waals surface area contributed by atoms with Crippen molar-refractivity contribution in [2.45, 2.75) is 0 Å². The Morgan fingerprint density at radius 3 is 2.70 bits per heavy atom. The molecule has 0 atom stereocenters. The van der Waals surface area contributed by atoms with E-state index in [4.69, 9.17) is 5.84 Å². The quantitative estimate of drug-likeness (QED) is 0.511. The minimum Gasteiger partial charge on any atom is -0.339 e. The van der Waals surface area contributed by atoms with Crippen molar-refractivity contribution in [3.63, 3.8) is 0 Å². The molecule has 0 aliphatic rings. The van der Waals surface area contributed by atoms with E-state index in [1.807, 2.05) is 11.4 Å². The second-order valence-electron chi connectivity index (χ2n) is 3.93. The van der Waals surface area contributed by atoms with Crippen molar-refractivity contribution in [1.82, 2.24) is 9.97 Å². The fourth-order valence-electron chi connectivity index (χ4n) is 1.73. The van der Waals surface area contributed by atoms with Crippen LogP contribution >= 0.6 is 11.3 Å². The summed E-state index contributed by atoms with van der Waals surface area (Å²) in [5.74, 6) is 4.19. The predicted octanol–water partition coefficient (Wildman–Crippen LogP) is 3.00. The Balaban J connectivity index is 2.04. The normalized spacial score (nSPS) is 10.8. The highest BCUT2D eigenvalue weighted by molar-refractivity contribution is 7.16. The van der Waals surface area contributed by atoms with Crippen LogP contribution in [0.3, 0.4) is 0 Å². The van der Waals surface area contributed by atoms with Gasteiger partial charge >= 0.3 is 0 Å². The summed E-state index contributed by atoms with van der Waals surface area (Å²) in [6.45, 7) is 0. The van der Waals surface area contributed by atoms with E-state index in [1.54, 1.807) is 0 Å². The largest absolute Gasteiger partial charge is 0.339 e. The van der Waals surface area contributed by atoms with Crippen LogP contribution in [0.15, 0.2) is 29.6 Å². The number of thiophene rings is 1. The van der Waals surface area contributed by atoms with Crippen LogP contribution in [-0.4, -0.2) is 9.97 Å². The molecule has 3 rings (SSSR count). The lowest BCUT2D eigenvalue weighted by molar-refractivity contribution is 0.509. The monoisotopic (exact) mass is 293 g/mol. The fourth-order valence-corrected chi connectivity index (χ4v) is 2.49. The summed E-state index contributed by atoms with van der Waals surface area (Å²) < 4.78 is 26.1. The van der Waals surface area contributed by atoms with Gasteiger partial charge in [-0.1, -0.05) is 0 Å². The highest BCUT2D eigenvalue weighted by Gasteiger charge is 2.10. The van der Waals surface area contributed by atoms with Crippen molar-refractivity contribution in [1.29, 1.82) is 0 Å². The molecule has 2 aromatic heterocycles. The Morgan fingerprint density at radius 2 is 1.95 bits per heavy atom. The Morgan fingerprint density at radius 1 is 1.10 bits per heavy atom. The zero-order valence-electron chi connectivity index (χ0n) is 10.0. The van der Waals surface area contributed by atoms with Gasteiger partial charge in [0.15, 0.2) is 11.6 Å². The molecule has 1 aromatic carbocycles. The van der Waals surface area contributed by atoms with E-state index in [1.165, 1.54) is 17.4 Å². The van der Waals surface area contributed by atoms with Crippen molar-refractivity contribution >= 4 is 39.0 Å². The number of nitrogens with one attached hydrogen (secondary N) is 2. The smallest absolute Gasteiger partial charge is 0.240 e. The molecule has 0 saturated carbocycles. The number of benzene rings is 1. The number of halogens is 2. The van der Waals surface area contributed by atoms with Gasteiger partial charge in [-0.25, -0.2) is 19.6 Å². The zero-order chi connectivity index (χ0) is 14.1. The third kappa shape index (κ3) is 2.26. The van der Waals surface area contributed by atoms with Gasteiger partial charge in [0.05, 0.1) is 5.39 Å². The number of nitrogens with two attached hydrogens (primary N) is 1. The topological polar surface area (TPSA) is 75.9 Å². The van der Waals surface area contributed by atoms with Crippen LogP contribution in [0, 0.1) is 11.6 Å². The van der Waals surface area contributed by atoms with Crippen molar-refractivity contribution in [3.8, 4) is 0 Å². The van der Waals surface area contributed by atoms with E-state index < -0.39 is 11.6 Å². The maximum atomic E-state index is 13.2. The first-order valence-electron chi connectivity index (χ1n) is 5.61. The predicted molar refractivity (Wildman–Crippen MR) is 74.9 cm³/mol. The van der Waals surface area contributed by atoms with Gasteiger partial charge in [-0.2, -0.15) is 4.98 Å². The Hall–Kier alpha value is -2.32. The molecule has 0 amide bonds. The average Bonchev–Trinajstić information content (AvgIpc) is 2.91. The Kier molecular flexibility index (Phi) is 3.17. The maximum absolute atomic E-state index is 13.2. The van der Waals surface area contributed by atoms with Gasteiger partial charge < -0.3 is 5.32 Å². The first-order valence-corrected chi connectivity index (χ1v) is 6.49. The van der Waals surface area contributed by atoms with Gasteiger partial charge in [0.25, 0.3) is 0 Å². The van der Waals surface area contributed by atoms with Crippen molar-refractivity contribution in [2.75, 3.05) is 10.7 Å². The Bertz CT molecular complexity index is 774. The highest BCUT2D eigenvalue weighted by atomic mass is 32.1. The molecule has 4 N–H and O–H groups in total. The molecule has 2 heterocycles. The van der Waals surface area contributed by atoms with E-state index in [2.05, 4.69) is 20.7 Å². The van der Waals surface area contributed by atoms with E-state index in [-0.39, 0.29) is 5.95 Å². The average molecular weight is 293 g/mol. The highest BCUT2D eigenvalue weighted by Crippen LogP contribution is 2.28. The summed E-state index contributed by atoms with van der Waals surface area (Å²) in [6, 6.07) is 5.37. The number of nitrogen functional groups attached to an aromatic ring is 1. The van der Waals surface area contributed by atoms with Crippen LogP contribution in [0.1, 0.15) is 0 Å². The summed E-state index contributed by atoms with van der Waals surface area (Å²) in [4.78, 5) is 9.09. The van der Waals surface area contributed by atoms with Crippen LogP contribution in [0.2, 0.25) is 0 Å². The Labute approximate surface area is 116 Å². The van der Waals surface area contributed by atoms with E-state index >= 15 is 0 Å². The SMILES string of the molecule is NNc1nc(Nc2ccc(F)c(F)c2)c2ccsc2n1. The summed E-state index contributed by atoms with van der Waals surface area (Å²) in [7, 11) is 0. The van der Waals surface area contributed by atoms with E-state index in [9.17, 15) is 8.78 Å². The maximum Gasteiger partial charge on any atom is 0.240 e. The number of nitrogens with zero attached hydrogens (tertiary/aromatic N) is 2. The van der Waals surface area contributed by atoms with Crippen LogP contribution < -0.4 is 16.6 Å². The molecule has 0 aliphatic carbocycles. The minimum absolute atomic E-state index is 0.241. The molecule has 5 nitrogen and oxygen atoms in total. The molecule has 20 heavy (non-hydrogen) atoms. The standard InChI is InChI=1S/C12H9F2N5S/c13-8-2-1-6(5-9(8)14)16-10-7-3-4-20-11(7)18-12(17-10)19-15/h1-5H,15H2,(H2,16,17,18,19). The third-order valence-corrected chi connectivity index (χ3v) is 3.44. The molecular weight excluding hydrogens is 284 g/mol. The van der Waals surface area contributed by atoms with Gasteiger partial charge in [0.2, 0.25) is 5.95 Å². The van der Waals surface area contributed by atoms with Crippen LogP contribution in [-0.2, 0) is 0 Å². The van der Waals surface area contributed by atoms with Crippen molar-refractivity contribution in [2.24, 2.45) is 5.84 Å². The molecule has 102 valence electrons. The fraction of sp³-hybridized carbons (Fsp3) is 0. The van der Waals surface area contributed by atoms with Gasteiger partial charge in [0.1, 0.15) is 10.6 Å². The van der Waals surface area contributed by atoms with Gasteiger partial charge in [0, 0.05) is 11.8 Å². The second kappa shape index (κ2) is 4.99. The molecule has 0 bridgehead atoms. The molecule has 0 unspecified atom stereocenters. The van der Waals surface area contributed by atoms with E-state index in [0.29, 0.717) is 11.5 Å². The molecule has 0 saturated heterocycles. The molecule has 0 radical (unpaired) electrons. The number of hydrogen-bond acceptors (Lipinski definition) is 6. The molecule has 3 aromatic rings. The van der Waals surface area contributed by atoms with Gasteiger partial charge in [-0.05, 0) is 23.6 Å². The molecule has 8 heteroatoms. The summed E-state index contributed by atoms with van der Waals surface area (Å²) in [5.41, 5.74) is 2.75. The first kappa shape index (κ1) is 12.7. The summed E-state index contributed by atoms with van der Waals surface area (Å²) >= 11 is 1.43.